The van der Waals surface area contributed by atoms with Crippen LogP contribution in [0.25, 0.3) is 0 Å². The summed E-state index contributed by atoms with van der Waals surface area (Å²) in [6, 6.07) is 6.59. The Kier molecular flexibility index (Phi) is 4.17. The van der Waals surface area contributed by atoms with E-state index in [9.17, 15) is 10.1 Å². The molecule has 0 N–H and O–H groups in total. The third-order valence-electron chi connectivity index (χ3n) is 4.67. The summed E-state index contributed by atoms with van der Waals surface area (Å²) in [5, 5.41) is 11.6. The highest BCUT2D eigenvalue weighted by Gasteiger charge is 2.34. The van der Waals surface area contributed by atoms with E-state index in [1.165, 1.54) is 19.4 Å². The molecule has 1 aromatic rings. The Morgan fingerprint density at radius 2 is 2.24 bits per heavy atom. The molecule has 21 heavy (non-hydrogen) atoms. The van der Waals surface area contributed by atoms with Crippen LogP contribution < -0.4 is 4.90 Å². The van der Waals surface area contributed by atoms with Crippen LogP contribution in [0, 0.1) is 10.1 Å². The average molecular weight is 354 g/mol. The zero-order chi connectivity index (χ0) is 15.0. The summed E-state index contributed by atoms with van der Waals surface area (Å²) < 4.78 is 0. The molecule has 2 fully saturated rings. The van der Waals surface area contributed by atoms with Gasteiger partial charge in [0.1, 0.15) is 0 Å². The van der Waals surface area contributed by atoms with Crippen molar-refractivity contribution < 1.29 is 4.92 Å². The van der Waals surface area contributed by atoms with Crippen molar-refractivity contribution in [1.29, 1.82) is 0 Å². The maximum Gasteiger partial charge on any atom is 0.273 e. The second-order valence-corrected chi connectivity index (χ2v) is 6.56. The van der Waals surface area contributed by atoms with Gasteiger partial charge in [-0.1, -0.05) is 15.9 Å². The maximum atomic E-state index is 11.0. The van der Waals surface area contributed by atoms with Crippen LogP contribution in [0.1, 0.15) is 25.3 Å². The van der Waals surface area contributed by atoms with E-state index in [4.69, 9.17) is 0 Å². The van der Waals surface area contributed by atoms with E-state index in [2.05, 4.69) is 32.7 Å². The molecule has 0 aromatic heterocycles. The van der Waals surface area contributed by atoms with Crippen molar-refractivity contribution in [1.82, 2.24) is 4.90 Å². The van der Waals surface area contributed by atoms with Crippen LogP contribution in [0.5, 0.6) is 0 Å². The molecular formula is C15H20BrN3O2. The molecule has 2 aliphatic rings. The molecule has 1 aromatic carbocycles. The highest BCUT2D eigenvalue weighted by molar-refractivity contribution is 9.08. The Labute approximate surface area is 133 Å². The fourth-order valence-electron chi connectivity index (χ4n) is 3.58. The number of anilines is 1. The molecule has 0 radical (unpaired) electrons. The molecule has 2 unspecified atom stereocenters. The first-order valence-corrected chi connectivity index (χ1v) is 8.56. The molecule has 2 heterocycles. The zero-order valence-corrected chi connectivity index (χ0v) is 13.8. The lowest BCUT2D eigenvalue weighted by Gasteiger charge is -2.43. The van der Waals surface area contributed by atoms with Crippen molar-refractivity contribution in [3.05, 3.63) is 33.9 Å². The van der Waals surface area contributed by atoms with Gasteiger partial charge >= 0.3 is 0 Å². The molecule has 3 rings (SSSR count). The highest BCUT2D eigenvalue weighted by atomic mass is 79.9. The maximum absolute atomic E-state index is 11.0. The average Bonchev–Trinajstić information content (AvgIpc) is 2.92. The SMILES string of the molecule is CC1CN2CCCC2CN1c1ccc([N+](=O)[O-])c(CBr)c1. The minimum atomic E-state index is -0.307. The first-order chi connectivity index (χ1) is 10.1. The predicted octanol–water partition coefficient (Wildman–Crippen LogP) is 3.16. The van der Waals surface area contributed by atoms with Gasteiger partial charge in [0.2, 0.25) is 0 Å². The normalized spacial score (nSPS) is 25.9. The van der Waals surface area contributed by atoms with Gasteiger partial charge < -0.3 is 4.90 Å². The van der Waals surface area contributed by atoms with E-state index in [0.717, 1.165) is 24.3 Å². The van der Waals surface area contributed by atoms with Crippen molar-refractivity contribution in [2.45, 2.75) is 37.2 Å². The Hall–Kier alpha value is -1.14. The van der Waals surface area contributed by atoms with E-state index < -0.39 is 0 Å². The van der Waals surface area contributed by atoms with E-state index in [1.54, 1.807) is 6.07 Å². The number of nitro benzene ring substituents is 1. The van der Waals surface area contributed by atoms with Crippen LogP contribution in [-0.4, -0.2) is 41.5 Å². The molecule has 5 nitrogen and oxygen atoms in total. The number of benzene rings is 1. The number of rotatable bonds is 3. The summed E-state index contributed by atoms with van der Waals surface area (Å²) in [7, 11) is 0. The number of hydrogen-bond acceptors (Lipinski definition) is 4. The summed E-state index contributed by atoms with van der Waals surface area (Å²) in [5.74, 6) is 0. The zero-order valence-electron chi connectivity index (χ0n) is 12.2. The minimum absolute atomic E-state index is 0.197. The quantitative estimate of drug-likeness (QED) is 0.475. The minimum Gasteiger partial charge on any atom is -0.366 e. The molecule has 6 heteroatoms. The smallest absolute Gasteiger partial charge is 0.273 e. The number of hydrogen-bond donors (Lipinski definition) is 0. The number of piperazine rings is 1. The van der Waals surface area contributed by atoms with Crippen molar-refractivity contribution in [2.75, 3.05) is 24.5 Å². The van der Waals surface area contributed by atoms with Gasteiger partial charge in [0.05, 0.1) is 4.92 Å². The third-order valence-corrected chi connectivity index (χ3v) is 5.28. The van der Waals surface area contributed by atoms with Crippen molar-refractivity contribution in [2.24, 2.45) is 0 Å². The summed E-state index contributed by atoms with van der Waals surface area (Å²) in [6.07, 6.45) is 2.56. The largest absolute Gasteiger partial charge is 0.366 e. The second kappa shape index (κ2) is 5.93. The van der Waals surface area contributed by atoms with Crippen molar-refractivity contribution in [3.8, 4) is 0 Å². The van der Waals surface area contributed by atoms with Crippen LogP contribution in [-0.2, 0) is 5.33 Å². The summed E-state index contributed by atoms with van der Waals surface area (Å²) in [4.78, 5) is 15.7. The van der Waals surface area contributed by atoms with Gasteiger partial charge in [-0.15, -0.1) is 0 Å². The molecule has 2 atom stereocenters. The van der Waals surface area contributed by atoms with Gasteiger partial charge in [0, 0.05) is 47.8 Å². The lowest BCUT2D eigenvalue weighted by atomic mass is 10.1. The van der Waals surface area contributed by atoms with Gasteiger partial charge in [-0.3, -0.25) is 15.0 Å². The number of nitro groups is 1. The summed E-state index contributed by atoms with van der Waals surface area (Å²) in [6.45, 7) is 5.57. The third kappa shape index (κ3) is 2.79. The van der Waals surface area contributed by atoms with E-state index in [1.807, 2.05) is 12.1 Å². The van der Waals surface area contributed by atoms with Gasteiger partial charge in [-0.05, 0) is 38.4 Å². The Bertz CT molecular complexity index is 552. The molecular weight excluding hydrogens is 334 g/mol. The predicted molar refractivity (Wildman–Crippen MR) is 87.1 cm³/mol. The molecule has 114 valence electrons. The number of halogens is 1. The van der Waals surface area contributed by atoms with Gasteiger partial charge in [0.25, 0.3) is 5.69 Å². The number of alkyl halides is 1. The van der Waals surface area contributed by atoms with Crippen LogP contribution in [0.3, 0.4) is 0 Å². The van der Waals surface area contributed by atoms with Crippen LogP contribution >= 0.6 is 15.9 Å². The first kappa shape index (κ1) is 14.8. The van der Waals surface area contributed by atoms with Gasteiger partial charge in [-0.2, -0.15) is 0 Å². The molecule has 0 bridgehead atoms. The first-order valence-electron chi connectivity index (χ1n) is 7.44. The number of fused-ring (bicyclic) bond motifs is 1. The Balaban J connectivity index is 1.87. The van der Waals surface area contributed by atoms with Crippen LogP contribution in [0.2, 0.25) is 0 Å². The molecule has 2 saturated heterocycles. The van der Waals surface area contributed by atoms with Crippen LogP contribution in [0.4, 0.5) is 11.4 Å². The molecule has 0 saturated carbocycles. The van der Waals surface area contributed by atoms with Gasteiger partial charge in [-0.25, -0.2) is 0 Å². The van der Waals surface area contributed by atoms with Crippen molar-refractivity contribution in [3.63, 3.8) is 0 Å². The number of nitrogens with zero attached hydrogens (tertiary/aromatic N) is 3. The molecule has 0 spiro atoms. The fraction of sp³-hybridized carbons (Fsp3) is 0.600. The van der Waals surface area contributed by atoms with Crippen LogP contribution in [0.15, 0.2) is 18.2 Å². The van der Waals surface area contributed by atoms with Gasteiger partial charge in [0.15, 0.2) is 0 Å². The second-order valence-electron chi connectivity index (χ2n) is 6.00. The molecule has 2 aliphatic heterocycles. The fourth-order valence-corrected chi connectivity index (χ4v) is 4.03. The topological polar surface area (TPSA) is 49.6 Å². The summed E-state index contributed by atoms with van der Waals surface area (Å²) >= 11 is 3.36. The Morgan fingerprint density at radius 1 is 1.43 bits per heavy atom. The molecule has 0 aliphatic carbocycles. The van der Waals surface area contributed by atoms with E-state index in [0.29, 0.717) is 17.4 Å². The standard InChI is InChI=1S/C15H20BrN3O2/c1-11-9-17-6-2-3-14(17)10-18(11)13-4-5-15(19(20)21)12(7-13)8-16/h4-5,7,11,14H,2-3,6,8-10H2,1H3. The highest BCUT2D eigenvalue weighted by Crippen LogP contribution is 2.32. The lowest BCUT2D eigenvalue weighted by molar-refractivity contribution is -0.385. The van der Waals surface area contributed by atoms with E-state index in [-0.39, 0.29) is 10.6 Å². The summed E-state index contributed by atoms with van der Waals surface area (Å²) in [5.41, 5.74) is 2.05. The van der Waals surface area contributed by atoms with Crippen molar-refractivity contribution >= 4 is 27.3 Å². The lowest BCUT2D eigenvalue weighted by Crippen LogP contribution is -2.55. The Morgan fingerprint density at radius 3 is 2.95 bits per heavy atom. The van der Waals surface area contributed by atoms with E-state index >= 15 is 0 Å². The molecule has 0 amide bonds. The monoisotopic (exact) mass is 353 g/mol.